The maximum atomic E-state index is 12.5. The minimum Gasteiger partial charge on any atom is -0.493 e. The number of aromatic nitrogens is 3. The number of fused-ring (bicyclic) bond motifs is 1. The molecule has 2 N–H and O–H groups in total. The third-order valence-electron chi connectivity index (χ3n) is 5.38. The second kappa shape index (κ2) is 8.99. The van der Waals surface area contributed by atoms with Crippen LogP contribution in [0.2, 0.25) is 0 Å². The van der Waals surface area contributed by atoms with E-state index in [-0.39, 0.29) is 12.5 Å². The number of anilines is 1. The molecule has 4 aromatic rings. The van der Waals surface area contributed by atoms with E-state index in [4.69, 9.17) is 14.7 Å². The predicted molar refractivity (Wildman–Crippen MR) is 126 cm³/mol. The molecule has 0 spiro atoms. The number of aryl methyl sites for hydroxylation is 1. The predicted octanol–water partition coefficient (Wildman–Crippen LogP) is 2.13. The topological polar surface area (TPSA) is 131 Å². The summed E-state index contributed by atoms with van der Waals surface area (Å²) in [5.74, 6) is 0.382. The van der Waals surface area contributed by atoms with E-state index in [0.717, 1.165) is 4.57 Å². The maximum Gasteiger partial charge on any atom is 0.331 e. The molecule has 0 unspecified atom stereocenters. The number of nitriles is 1. The molecule has 10 heteroatoms. The first-order chi connectivity index (χ1) is 16.3. The maximum absolute atomic E-state index is 12.5. The monoisotopic (exact) mass is 459 g/mol. The van der Waals surface area contributed by atoms with Crippen LogP contribution in [0.1, 0.15) is 5.56 Å². The lowest BCUT2D eigenvalue weighted by Crippen LogP contribution is -2.36. The average Bonchev–Trinajstić information content (AvgIpc) is 3.31. The smallest absolute Gasteiger partial charge is 0.331 e. The summed E-state index contributed by atoms with van der Waals surface area (Å²) in [6.45, 7) is -0.250. The average molecular weight is 459 g/mol. The number of hydrogen-bond acceptors (Lipinski definition) is 6. The molecule has 0 saturated carbocycles. The number of carbonyl (C=O) groups excluding carboxylic acids is 1. The van der Waals surface area contributed by atoms with Gasteiger partial charge in [-0.2, -0.15) is 5.26 Å². The van der Waals surface area contributed by atoms with Gasteiger partial charge in [-0.15, -0.1) is 0 Å². The number of ether oxygens (including phenoxy) is 2. The first kappa shape index (κ1) is 22.4. The molecule has 34 heavy (non-hydrogen) atoms. The highest BCUT2D eigenvalue weighted by atomic mass is 16.5. The van der Waals surface area contributed by atoms with Crippen molar-refractivity contribution in [2.75, 3.05) is 19.0 Å². The molecule has 10 nitrogen and oxygen atoms in total. The number of nitrogens with one attached hydrogen (secondary N) is 2. The van der Waals surface area contributed by atoms with Gasteiger partial charge in [-0.1, -0.05) is 0 Å². The van der Waals surface area contributed by atoms with Crippen LogP contribution in [0.3, 0.4) is 0 Å². The standard InChI is InChI=1S/C24H21N5O5/c1-28-18-11-17(27-22(18)23(31)29(2)24(28)32)15-6-9-19(20(10-15)33-3)34-13-21(30)26-16-7-4-14(12-25)5-8-16/h4-11,27H,13H2,1-3H3,(H,26,30). The van der Waals surface area contributed by atoms with Crippen LogP contribution in [0.4, 0.5) is 5.69 Å². The molecule has 0 aliphatic carbocycles. The van der Waals surface area contributed by atoms with Crippen molar-refractivity contribution in [3.8, 4) is 28.8 Å². The van der Waals surface area contributed by atoms with E-state index in [9.17, 15) is 14.4 Å². The Morgan fingerprint density at radius 2 is 1.79 bits per heavy atom. The highest BCUT2D eigenvalue weighted by Crippen LogP contribution is 2.33. The zero-order valence-electron chi connectivity index (χ0n) is 18.7. The summed E-state index contributed by atoms with van der Waals surface area (Å²) in [4.78, 5) is 40.0. The van der Waals surface area contributed by atoms with E-state index < -0.39 is 11.2 Å². The van der Waals surface area contributed by atoms with Gasteiger partial charge in [-0.05, 0) is 48.5 Å². The van der Waals surface area contributed by atoms with Gasteiger partial charge in [0.1, 0.15) is 5.52 Å². The first-order valence-electron chi connectivity index (χ1n) is 10.2. The lowest BCUT2D eigenvalue weighted by Gasteiger charge is -2.12. The van der Waals surface area contributed by atoms with Gasteiger partial charge in [0.15, 0.2) is 18.1 Å². The summed E-state index contributed by atoms with van der Waals surface area (Å²) in [6, 6.07) is 15.3. The Bertz CT molecular complexity index is 1550. The number of amides is 1. The number of hydrogen-bond donors (Lipinski definition) is 2. The molecule has 172 valence electrons. The largest absolute Gasteiger partial charge is 0.493 e. The lowest BCUT2D eigenvalue weighted by atomic mass is 10.1. The van der Waals surface area contributed by atoms with Crippen LogP contribution in [-0.2, 0) is 18.9 Å². The minimum absolute atomic E-state index is 0.250. The first-order valence-corrected chi connectivity index (χ1v) is 10.2. The summed E-state index contributed by atoms with van der Waals surface area (Å²) in [7, 11) is 4.51. The van der Waals surface area contributed by atoms with Crippen molar-refractivity contribution in [3.05, 3.63) is 74.9 Å². The lowest BCUT2D eigenvalue weighted by molar-refractivity contribution is -0.118. The van der Waals surface area contributed by atoms with E-state index in [1.54, 1.807) is 55.6 Å². The molecule has 0 atom stereocenters. The molecule has 0 bridgehead atoms. The van der Waals surface area contributed by atoms with Crippen LogP contribution in [0.15, 0.2) is 58.1 Å². The second-order valence-corrected chi connectivity index (χ2v) is 7.54. The van der Waals surface area contributed by atoms with E-state index in [0.29, 0.717) is 45.0 Å². The number of nitrogens with zero attached hydrogens (tertiary/aromatic N) is 3. The third kappa shape index (κ3) is 4.14. The summed E-state index contributed by atoms with van der Waals surface area (Å²) in [5, 5.41) is 11.5. The number of rotatable bonds is 6. The Kier molecular flexibility index (Phi) is 5.93. The van der Waals surface area contributed by atoms with Gasteiger partial charge in [0.05, 0.1) is 24.3 Å². The van der Waals surface area contributed by atoms with E-state index in [1.807, 2.05) is 6.07 Å². The van der Waals surface area contributed by atoms with Gasteiger partial charge < -0.3 is 19.8 Å². The summed E-state index contributed by atoms with van der Waals surface area (Å²) in [6.07, 6.45) is 0. The van der Waals surface area contributed by atoms with Gasteiger partial charge in [0.25, 0.3) is 11.5 Å². The molecule has 2 aromatic heterocycles. The third-order valence-corrected chi connectivity index (χ3v) is 5.38. The van der Waals surface area contributed by atoms with Gasteiger partial charge in [0.2, 0.25) is 0 Å². The molecule has 2 heterocycles. The molecule has 0 aliphatic rings. The Hall–Kier alpha value is -4.78. The van der Waals surface area contributed by atoms with Crippen molar-refractivity contribution in [2.45, 2.75) is 0 Å². The van der Waals surface area contributed by atoms with Crippen molar-refractivity contribution in [3.63, 3.8) is 0 Å². The zero-order valence-corrected chi connectivity index (χ0v) is 18.7. The molecule has 0 fully saturated rings. The Labute approximate surface area is 193 Å². The molecular weight excluding hydrogens is 438 g/mol. The number of methoxy groups -OCH3 is 1. The van der Waals surface area contributed by atoms with Crippen molar-refractivity contribution in [2.24, 2.45) is 14.1 Å². The molecule has 0 radical (unpaired) electrons. The van der Waals surface area contributed by atoms with Gasteiger partial charge in [-0.25, -0.2) is 4.79 Å². The van der Waals surface area contributed by atoms with Crippen LogP contribution in [0.25, 0.3) is 22.3 Å². The number of carbonyl (C=O) groups is 1. The molecule has 0 saturated heterocycles. The van der Waals surface area contributed by atoms with Crippen molar-refractivity contribution in [1.82, 2.24) is 14.1 Å². The minimum atomic E-state index is -0.413. The number of H-pyrrole nitrogens is 1. The van der Waals surface area contributed by atoms with Crippen LogP contribution >= 0.6 is 0 Å². The Morgan fingerprint density at radius 1 is 1.06 bits per heavy atom. The van der Waals surface area contributed by atoms with Crippen molar-refractivity contribution < 1.29 is 14.3 Å². The Morgan fingerprint density at radius 3 is 2.47 bits per heavy atom. The Balaban J connectivity index is 1.54. The van der Waals surface area contributed by atoms with E-state index in [1.165, 1.54) is 18.7 Å². The highest BCUT2D eigenvalue weighted by molar-refractivity contribution is 5.92. The van der Waals surface area contributed by atoms with Crippen LogP contribution in [0.5, 0.6) is 11.5 Å². The van der Waals surface area contributed by atoms with Crippen molar-refractivity contribution >= 4 is 22.6 Å². The summed E-state index contributed by atoms with van der Waals surface area (Å²) < 4.78 is 13.5. The number of aromatic amines is 1. The van der Waals surface area contributed by atoms with Gasteiger partial charge >= 0.3 is 5.69 Å². The SMILES string of the molecule is COc1cc(-c2cc3c([nH]2)c(=O)n(C)c(=O)n3C)ccc1OCC(=O)Nc1ccc(C#N)cc1. The summed E-state index contributed by atoms with van der Waals surface area (Å²) >= 11 is 0. The van der Waals surface area contributed by atoms with Crippen LogP contribution in [-0.4, -0.2) is 33.7 Å². The van der Waals surface area contributed by atoms with Gasteiger partial charge in [-0.3, -0.25) is 18.7 Å². The normalized spacial score (nSPS) is 10.6. The van der Waals surface area contributed by atoms with Gasteiger partial charge in [0, 0.05) is 31.0 Å². The molecular formula is C24H21N5O5. The molecule has 4 rings (SSSR count). The fraction of sp³-hybridized carbons (Fsp3) is 0.167. The zero-order chi connectivity index (χ0) is 24.4. The number of benzene rings is 2. The van der Waals surface area contributed by atoms with Crippen LogP contribution in [0, 0.1) is 11.3 Å². The van der Waals surface area contributed by atoms with Crippen LogP contribution < -0.4 is 26.0 Å². The second-order valence-electron chi connectivity index (χ2n) is 7.54. The molecule has 1 amide bonds. The van der Waals surface area contributed by atoms with Crippen molar-refractivity contribution in [1.29, 1.82) is 5.26 Å². The molecule has 2 aromatic carbocycles. The fourth-order valence-electron chi connectivity index (χ4n) is 3.53. The highest BCUT2D eigenvalue weighted by Gasteiger charge is 2.15. The fourth-order valence-corrected chi connectivity index (χ4v) is 3.53. The van der Waals surface area contributed by atoms with E-state index >= 15 is 0 Å². The quantitative estimate of drug-likeness (QED) is 0.454. The van der Waals surface area contributed by atoms with E-state index in [2.05, 4.69) is 10.3 Å². The molecule has 0 aliphatic heterocycles. The summed E-state index contributed by atoms with van der Waals surface area (Å²) in [5.41, 5.74) is 2.35.